The standard InChI is InChI=1S/C33H34N4O2/c1-21-12-14-23(15-13-21)18-30(38)36-29-20-25(26-10-6-7-11-27(26)33(34)37-35)19-28-31(24-8-4-3-5-9-24)22(2)16-17-39-32(28)29/h3-15,19-20,22,31H,16-18,35H2,1-2H3,(H2,34,37)(H,36,38). The molecule has 6 heteroatoms. The molecule has 0 aromatic heterocycles. The number of carbonyl (C=O) groups is 1. The Kier molecular flexibility index (Phi) is 7.75. The first-order valence-electron chi connectivity index (χ1n) is 13.3. The predicted molar refractivity (Wildman–Crippen MR) is 157 cm³/mol. The van der Waals surface area contributed by atoms with Crippen LogP contribution in [0, 0.1) is 18.3 Å². The Balaban J connectivity index is 1.65. The van der Waals surface area contributed by atoms with E-state index >= 15 is 0 Å². The molecule has 5 rings (SSSR count). The Morgan fingerprint density at radius 2 is 1.72 bits per heavy atom. The number of ether oxygens (including phenoxy) is 1. The van der Waals surface area contributed by atoms with Crippen LogP contribution in [0.5, 0.6) is 5.75 Å². The Labute approximate surface area is 229 Å². The van der Waals surface area contributed by atoms with Crippen LogP contribution in [0.15, 0.2) is 91.0 Å². The molecule has 0 radical (unpaired) electrons. The number of nitrogens with one attached hydrogen (secondary N) is 3. The molecule has 0 saturated heterocycles. The summed E-state index contributed by atoms with van der Waals surface area (Å²) in [6, 6.07) is 30.2. The number of carbonyl (C=O) groups excluding carboxylic acids is 1. The number of hydrogen-bond acceptors (Lipinski definition) is 4. The molecule has 198 valence electrons. The van der Waals surface area contributed by atoms with Gasteiger partial charge in [0.25, 0.3) is 0 Å². The lowest BCUT2D eigenvalue weighted by molar-refractivity contribution is -0.115. The van der Waals surface area contributed by atoms with Gasteiger partial charge in [0.05, 0.1) is 18.7 Å². The van der Waals surface area contributed by atoms with Crippen molar-refractivity contribution in [2.24, 2.45) is 11.8 Å². The number of anilines is 1. The number of amides is 1. The van der Waals surface area contributed by atoms with E-state index in [1.807, 2.05) is 67.6 Å². The highest BCUT2D eigenvalue weighted by atomic mass is 16.5. The lowest BCUT2D eigenvalue weighted by atomic mass is 9.79. The first-order chi connectivity index (χ1) is 18.9. The lowest BCUT2D eigenvalue weighted by Crippen LogP contribution is -2.30. The minimum Gasteiger partial charge on any atom is -0.491 e. The highest BCUT2D eigenvalue weighted by molar-refractivity contribution is 6.03. The molecule has 0 aliphatic carbocycles. The molecule has 2 unspecified atom stereocenters. The van der Waals surface area contributed by atoms with Crippen molar-refractivity contribution in [3.8, 4) is 16.9 Å². The average molecular weight is 519 g/mol. The van der Waals surface area contributed by atoms with Gasteiger partial charge in [-0.15, -0.1) is 0 Å². The molecular weight excluding hydrogens is 484 g/mol. The Bertz CT molecular complexity index is 1480. The van der Waals surface area contributed by atoms with Crippen molar-refractivity contribution >= 4 is 17.4 Å². The van der Waals surface area contributed by atoms with Crippen LogP contribution in [0.1, 0.15) is 47.1 Å². The summed E-state index contributed by atoms with van der Waals surface area (Å²) in [5.41, 5.74) is 9.85. The summed E-state index contributed by atoms with van der Waals surface area (Å²) in [7, 11) is 0. The quantitative estimate of drug-likeness (QED) is 0.106. The topological polar surface area (TPSA) is 100 Å². The summed E-state index contributed by atoms with van der Waals surface area (Å²) in [6.45, 7) is 4.85. The zero-order valence-corrected chi connectivity index (χ0v) is 22.3. The number of rotatable bonds is 6. The minimum atomic E-state index is -0.111. The van der Waals surface area contributed by atoms with Gasteiger partial charge in [-0.2, -0.15) is 0 Å². The van der Waals surface area contributed by atoms with E-state index in [9.17, 15) is 4.79 Å². The average Bonchev–Trinajstić information content (AvgIpc) is 3.12. The van der Waals surface area contributed by atoms with Gasteiger partial charge in [-0.1, -0.05) is 91.3 Å². The molecule has 0 spiro atoms. The van der Waals surface area contributed by atoms with E-state index < -0.39 is 0 Å². The minimum absolute atomic E-state index is 0.0793. The zero-order valence-electron chi connectivity index (χ0n) is 22.3. The molecule has 0 saturated carbocycles. The van der Waals surface area contributed by atoms with Crippen LogP contribution in [0.2, 0.25) is 0 Å². The van der Waals surface area contributed by atoms with Gasteiger partial charge in [-0.25, -0.2) is 5.84 Å². The largest absolute Gasteiger partial charge is 0.491 e. The second-order valence-electron chi connectivity index (χ2n) is 10.2. The molecule has 0 bridgehead atoms. The van der Waals surface area contributed by atoms with E-state index in [1.54, 1.807) is 0 Å². The van der Waals surface area contributed by atoms with E-state index in [4.69, 9.17) is 16.0 Å². The van der Waals surface area contributed by atoms with Crippen molar-refractivity contribution < 1.29 is 9.53 Å². The fraction of sp³-hybridized carbons (Fsp3) is 0.212. The van der Waals surface area contributed by atoms with Gasteiger partial charge < -0.3 is 15.5 Å². The Hall–Kier alpha value is -4.42. The third kappa shape index (κ3) is 5.71. The van der Waals surface area contributed by atoms with E-state index in [2.05, 4.69) is 48.0 Å². The second-order valence-corrected chi connectivity index (χ2v) is 10.2. The van der Waals surface area contributed by atoms with Crippen LogP contribution in [-0.4, -0.2) is 18.3 Å². The van der Waals surface area contributed by atoms with Gasteiger partial charge in [0.1, 0.15) is 11.6 Å². The van der Waals surface area contributed by atoms with Gasteiger partial charge in [-0.05, 0) is 53.6 Å². The van der Waals surface area contributed by atoms with Crippen LogP contribution in [-0.2, 0) is 11.2 Å². The third-order valence-electron chi connectivity index (χ3n) is 7.41. The van der Waals surface area contributed by atoms with Gasteiger partial charge in [-0.3, -0.25) is 10.2 Å². The molecule has 2 atom stereocenters. The normalized spacial score (nSPS) is 16.4. The third-order valence-corrected chi connectivity index (χ3v) is 7.41. The van der Waals surface area contributed by atoms with Crippen molar-refractivity contribution in [3.63, 3.8) is 0 Å². The molecule has 1 aliphatic heterocycles. The molecule has 39 heavy (non-hydrogen) atoms. The number of aryl methyl sites for hydroxylation is 1. The highest BCUT2D eigenvalue weighted by Crippen LogP contribution is 2.46. The van der Waals surface area contributed by atoms with Crippen molar-refractivity contribution in [1.82, 2.24) is 5.43 Å². The molecule has 6 nitrogen and oxygen atoms in total. The van der Waals surface area contributed by atoms with E-state index in [1.165, 1.54) is 5.56 Å². The van der Waals surface area contributed by atoms with Crippen LogP contribution >= 0.6 is 0 Å². The number of nitrogens with two attached hydrogens (primary N) is 1. The first kappa shape index (κ1) is 26.2. The van der Waals surface area contributed by atoms with Crippen LogP contribution in [0.25, 0.3) is 11.1 Å². The van der Waals surface area contributed by atoms with Crippen LogP contribution in [0.4, 0.5) is 5.69 Å². The summed E-state index contributed by atoms with van der Waals surface area (Å²) < 4.78 is 6.37. The van der Waals surface area contributed by atoms with Gasteiger partial charge in [0, 0.05) is 17.0 Å². The summed E-state index contributed by atoms with van der Waals surface area (Å²) in [5, 5.41) is 11.5. The maximum atomic E-state index is 13.3. The van der Waals surface area contributed by atoms with E-state index in [-0.39, 0.29) is 24.1 Å². The van der Waals surface area contributed by atoms with Crippen molar-refractivity contribution in [2.75, 3.05) is 11.9 Å². The van der Waals surface area contributed by atoms with Gasteiger partial charge >= 0.3 is 0 Å². The molecular formula is C33H34N4O2. The summed E-state index contributed by atoms with van der Waals surface area (Å²) in [4.78, 5) is 13.3. The number of benzene rings is 4. The number of hydrazine groups is 1. The van der Waals surface area contributed by atoms with Gasteiger partial charge in [0.15, 0.2) is 0 Å². The number of amidine groups is 1. The Morgan fingerprint density at radius 1 is 1.00 bits per heavy atom. The predicted octanol–water partition coefficient (Wildman–Crippen LogP) is 6.18. The summed E-state index contributed by atoms with van der Waals surface area (Å²) in [6.07, 6.45) is 1.15. The molecule has 1 aliphatic rings. The fourth-order valence-electron chi connectivity index (χ4n) is 5.40. The molecule has 4 aromatic carbocycles. The SMILES string of the molecule is Cc1ccc(CC(=O)Nc2cc(-c3ccccc3C(=N)NN)cc3c2OCCC(C)C3c2ccccc2)cc1. The molecule has 1 amide bonds. The smallest absolute Gasteiger partial charge is 0.228 e. The zero-order chi connectivity index (χ0) is 27.4. The molecule has 4 aromatic rings. The van der Waals surface area contributed by atoms with Crippen molar-refractivity contribution in [2.45, 2.75) is 32.6 Å². The maximum Gasteiger partial charge on any atom is 0.228 e. The molecule has 5 N–H and O–H groups in total. The molecule has 1 heterocycles. The summed E-state index contributed by atoms with van der Waals surface area (Å²) in [5.74, 6) is 6.74. The number of hydrogen-bond donors (Lipinski definition) is 4. The van der Waals surface area contributed by atoms with E-state index in [0.717, 1.165) is 34.2 Å². The highest BCUT2D eigenvalue weighted by Gasteiger charge is 2.30. The van der Waals surface area contributed by atoms with Crippen LogP contribution in [0.3, 0.4) is 0 Å². The molecule has 0 fully saturated rings. The van der Waals surface area contributed by atoms with Crippen LogP contribution < -0.4 is 21.3 Å². The maximum absolute atomic E-state index is 13.3. The van der Waals surface area contributed by atoms with Crippen molar-refractivity contribution in [3.05, 3.63) is 119 Å². The first-order valence-corrected chi connectivity index (χ1v) is 13.3. The van der Waals surface area contributed by atoms with Crippen molar-refractivity contribution in [1.29, 1.82) is 5.41 Å². The summed E-state index contributed by atoms with van der Waals surface area (Å²) >= 11 is 0. The van der Waals surface area contributed by atoms with E-state index in [0.29, 0.717) is 29.5 Å². The second kappa shape index (κ2) is 11.5. The number of fused-ring (bicyclic) bond motifs is 1. The fourth-order valence-corrected chi connectivity index (χ4v) is 5.40. The monoisotopic (exact) mass is 518 g/mol. The lowest BCUT2D eigenvalue weighted by Gasteiger charge is -2.25. The Morgan fingerprint density at radius 3 is 2.46 bits per heavy atom. The van der Waals surface area contributed by atoms with Gasteiger partial charge in [0.2, 0.25) is 5.91 Å².